The number of carbonyl (C=O) groups is 1. The molecule has 9 heteroatoms. The molecule has 0 N–H and O–H groups in total. The van der Waals surface area contributed by atoms with E-state index in [1.165, 1.54) is 0 Å². The number of aldehydes is 1. The maximum atomic E-state index is 11.6. The van der Waals surface area contributed by atoms with E-state index in [1.807, 2.05) is 26.0 Å². The van der Waals surface area contributed by atoms with Gasteiger partial charge in [0.15, 0.2) is 6.29 Å². The molecule has 0 amide bonds. The summed E-state index contributed by atoms with van der Waals surface area (Å²) in [5, 5.41) is 0. The Morgan fingerprint density at radius 2 is 1.69 bits per heavy atom. The van der Waals surface area contributed by atoms with Gasteiger partial charge in [-0.05, 0) is 109 Å². The maximum Gasteiger partial charge on any atom is 0.228 e. The Morgan fingerprint density at radius 3 is 2.28 bits per heavy atom. The first kappa shape index (κ1) is 23.7. The molecule has 1 aliphatic heterocycles. The van der Waals surface area contributed by atoms with Crippen molar-refractivity contribution in [2.24, 2.45) is 0 Å². The maximum absolute atomic E-state index is 11.6. The largest absolute Gasteiger partial charge is 0.492 e. The second kappa shape index (κ2) is 10.1. The zero-order chi connectivity index (χ0) is 21.2. The SMILES string of the molecule is CCOc1c(Br)cc(I)cc1C1(c2c(I)cc(C=O)c(OCC)c2Br)OCCO1. The molecule has 0 aromatic heterocycles. The van der Waals surface area contributed by atoms with Crippen molar-refractivity contribution < 1.29 is 23.7 Å². The number of hydrogen-bond donors (Lipinski definition) is 0. The standard InChI is InChI=1S/C20H18Br2I2O5/c1-3-26-18-11(10-25)7-15(24)16(17(18)22)20(28-5-6-29-20)13-8-12(23)9-14(21)19(13)27-4-2/h7-10H,3-6H2,1-2H3. The van der Waals surface area contributed by atoms with Crippen LogP contribution in [0.4, 0.5) is 0 Å². The van der Waals surface area contributed by atoms with E-state index in [0.29, 0.717) is 48.0 Å². The van der Waals surface area contributed by atoms with Gasteiger partial charge in [-0.25, -0.2) is 0 Å². The lowest BCUT2D eigenvalue weighted by Crippen LogP contribution is -2.32. The molecule has 0 atom stereocenters. The van der Waals surface area contributed by atoms with Gasteiger partial charge in [0.1, 0.15) is 11.5 Å². The summed E-state index contributed by atoms with van der Waals surface area (Å²) in [4.78, 5) is 11.6. The van der Waals surface area contributed by atoms with Gasteiger partial charge in [0, 0.05) is 12.7 Å². The Kier molecular flexibility index (Phi) is 8.27. The van der Waals surface area contributed by atoms with Gasteiger partial charge in [-0.15, -0.1) is 0 Å². The Morgan fingerprint density at radius 1 is 1.07 bits per heavy atom. The molecule has 0 spiro atoms. The summed E-state index contributed by atoms with van der Waals surface area (Å²) >= 11 is 11.7. The van der Waals surface area contributed by atoms with E-state index in [2.05, 4.69) is 77.0 Å². The fraction of sp³-hybridized carbons (Fsp3) is 0.350. The zero-order valence-corrected chi connectivity index (χ0v) is 23.2. The number of halogens is 4. The number of ether oxygens (including phenoxy) is 4. The van der Waals surface area contributed by atoms with Gasteiger partial charge < -0.3 is 18.9 Å². The van der Waals surface area contributed by atoms with Crippen LogP contribution in [-0.4, -0.2) is 32.7 Å². The van der Waals surface area contributed by atoms with Crippen LogP contribution >= 0.6 is 77.0 Å². The van der Waals surface area contributed by atoms with E-state index in [-0.39, 0.29) is 0 Å². The molecule has 0 aliphatic carbocycles. The first-order valence-electron chi connectivity index (χ1n) is 8.90. The molecule has 5 nitrogen and oxygen atoms in total. The number of carbonyl (C=O) groups excluding carboxylic acids is 1. The van der Waals surface area contributed by atoms with Gasteiger partial charge in [-0.1, -0.05) is 0 Å². The van der Waals surface area contributed by atoms with Crippen molar-refractivity contribution in [3.8, 4) is 11.5 Å². The van der Waals surface area contributed by atoms with Gasteiger partial charge in [0.25, 0.3) is 0 Å². The van der Waals surface area contributed by atoms with Gasteiger partial charge in [-0.3, -0.25) is 4.79 Å². The van der Waals surface area contributed by atoms with Crippen molar-refractivity contribution in [1.29, 1.82) is 0 Å². The van der Waals surface area contributed by atoms with Crippen molar-refractivity contribution in [2.75, 3.05) is 26.4 Å². The van der Waals surface area contributed by atoms with Crippen LogP contribution in [0.15, 0.2) is 27.1 Å². The molecular weight excluding hydrogens is 734 g/mol. The summed E-state index contributed by atoms with van der Waals surface area (Å²) in [7, 11) is 0. The van der Waals surface area contributed by atoms with Crippen molar-refractivity contribution in [3.05, 3.63) is 51.0 Å². The minimum absolute atomic E-state index is 0.424. The Balaban J connectivity index is 2.35. The average molecular weight is 752 g/mol. The van der Waals surface area contributed by atoms with Crippen molar-refractivity contribution in [2.45, 2.75) is 19.6 Å². The topological polar surface area (TPSA) is 54.0 Å². The van der Waals surface area contributed by atoms with Crippen LogP contribution in [0.3, 0.4) is 0 Å². The van der Waals surface area contributed by atoms with Gasteiger partial charge >= 0.3 is 0 Å². The van der Waals surface area contributed by atoms with Crippen LogP contribution in [0.25, 0.3) is 0 Å². The second-order valence-corrected chi connectivity index (χ2v) is 10.1. The molecular formula is C20H18Br2I2O5. The predicted molar refractivity (Wildman–Crippen MR) is 134 cm³/mol. The molecule has 2 aromatic rings. The lowest BCUT2D eigenvalue weighted by molar-refractivity contribution is -0.132. The van der Waals surface area contributed by atoms with Crippen LogP contribution in [-0.2, 0) is 15.3 Å². The normalized spacial score (nSPS) is 15.4. The minimum Gasteiger partial charge on any atom is -0.492 e. The zero-order valence-electron chi connectivity index (χ0n) is 15.7. The quantitative estimate of drug-likeness (QED) is 0.247. The Hall–Kier alpha value is 0.0500. The van der Waals surface area contributed by atoms with Crippen LogP contribution < -0.4 is 9.47 Å². The fourth-order valence-electron chi connectivity index (χ4n) is 3.24. The minimum atomic E-state index is -1.20. The van der Waals surface area contributed by atoms with Crippen LogP contribution in [0, 0.1) is 7.14 Å². The van der Waals surface area contributed by atoms with Crippen molar-refractivity contribution >= 4 is 83.3 Å². The molecule has 1 fully saturated rings. The van der Waals surface area contributed by atoms with E-state index in [4.69, 9.17) is 18.9 Å². The van der Waals surface area contributed by atoms with E-state index >= 15 is 0 Å². The third kappa shape index (κ3) is 4.50. The lowest BCUT2D eigenvalue weighted by atomic mass is 9.95. The molecule has 0 saturated carbocycles. The molecule has 156 valence electrons. The summed E-state index contributed by atoms with van der Waals surface area (Å²) in [6.45, 7) is 5.58. The second-order valence-electron chi connectivity index (χ2n) is 6.03. The molecule has 0 bridgehead atoms. The summed E-state index contributed by atoms with van der Waals surface area (Å²) in [5.74, 6) is -0.0643. The number of hydrogen-bond acceptors (Lipinski definition) is 5. The summed E-state index contributed by atoms with van der Waals surface area (Å²) in [6, 6.07) is 5.77. The molecule has 0 radical (unpaired) electrons. The fourth-order valence-corrected chi connectivity index (χ4v) is 7.02. The highest BCUT2D eigenvalue weighted by atomic mass is 127. The van der Waals surface area contributed by atoms with E-state index < -0.39 is 5.79 Å². The average Bonchev–Trinajstić information content (AvgIpc) is 3.16. The highest BCUT2D eigenvalue weighted by Gasteiger charge is 2.47. The third-order valence-electron chi connectivity index (χ3n) is 4.29. The predicted octanol–water partition coefficient (Wildman–Crippen LogP) is 6.28. The summed E-state index contributed by atoms with van der Waals surface area (Å²) in [6.07, 6.45) is 0.790. The summed E-state index contributed by atoms with van der Waals surface area (Å²) < 4.78 is 27.6. The number of benzene rings is 2. The van der Waals surface area contributed by atoms with E-state index in [0.717, 1.165) is 29.0 Å². The van der Waals surface area contributed by atoms with E-state index in [1.54, 1.807) is 6.07 Å². The highest BCUT2D eigenvalue weighted by Crippen LogP contribution is 2.51. The first-order chi connectivity index (χ1) is 13.9. The van der Waals surface area contributed by atoms with Crippen molar-refractivity contribution in [1.82, 2.24) is 0 Å². The monoisotopic (exact) mass is 750 g/mol. The van der Waals surface area contributed by atoms with Crippen LogP contribution in [0.5, 0.6) is 11.5 Å². The molecule has 3 rings (SSSR count). The smallest absolute Gasteiger partial charge is 0.228 e. The van der Waals surface area contributed by atoms with Gasteiger partial charge in [0.05, 0.1) is 46.5 Å². The first-order valence-corrected chi connectivity index (χ1v) is 12.6. The molecule has 2 aromatic carbocycles. The third-order valence-corrected chi connectivity index (χ3v) is 7.11. The summed E-state index contributed by atoms with van der Waals surface area (Å²) in [5.41, 5.74) is 1.98. The molecule has 29 heavy (non-hydrogen) atoms. The van der Waals surface area contributed by atoms with Crippen molar-refractivity contribution in [3.63, 3.8) is 0 Å². The lowest BCUT2D eigenvalue weighted by Gasteiger charge is -2.33. The van der Waals surface area contributed by atoms with Gasteiger partial charge in [-0.2, -0.15) is 0 Å². The Labute approximate surface area is 213 Å². The van der Waals surface area contributed by atoms with Gasteiger partial charge in [0.2, 0.25) is 5.79 Å². The Bertz CT molecular complexity index is 930. The number of rotatable bonds is 7. The van der Waals surface area contributed by atoms with Crippen LogP contribution in [0.2, 0.25) is 0 Å². The highest BCUT2D eigenvalue weighted by molar-refractivity contribution is 14.1. The van der Waals surface area contributed by atoms with Crippen LogP contribution in [0.1, 0.15) is 35.3 Å². The molecule has 1 heterocycles. The molecule has 1 aliphatic rings. The van der Waals surface area contributed by atoms with E-state index in [9.17, 15) is 4.79 Å². The molecule has 1 saturated heterocycles. The molecule has 0 unspecified atom stereocenters.